The van der Waals surface area contributed by atoms with Gasteiger partial charge in [0.25, 0.3) is 0 Å². The molecule has 4 heteroatoms. The van der Waals surface area contributed by atoms with Crippen LogP contribution < -0.4 is 10.1 Å². The van der Waals surface area contributed by atoms with E-state index in [0.29, 0.717) is 6.10 Å². The highest BCUT2D eigenvalue weighted by Gasteiger charge is 2.14. The Morgan fingerprint density at radius 1 is 1.33 bits per heavy atom. The van der Waals surface area contributed by atoms with Crippen molar-refractivity contribution in [2.75, 3.05) is 13.1 Å². The Balaban J connectivity index is 0.00000112. The van der Waals surface area contributed by atoms with Crippen LogP contribution in [0.3, 0.4) is 0 Å². The molecule has 2 nitrogen and oxygen atoms in total. The maximum absolute atomic E-state index is 5.88. The number of halogens is 2. The number of hydrogen-bond acceptors (Lipinski definition) is 2. The third-order valence-corrected chi connectivity index (χ3v) is 3.04. The zero-order chi connectivity index (χ0) is 9.80. The van der Waals surface area contributed by atoms with Crippen molar-refractivity contribution in [1.82, 2.24) is 5.32 Å². The highest BCUT2D eigenvalue weighted by Crippen LogP contribution is 2.25. The van der Waals surface area contributed by atoms with Crippen molar-refractivity contribution in [1.29, 1.82) is 0 Å². The molecule has 1 unspecified atom stereocenters. The van der Waals surface area contributed by atoms with Gasteiger partial charge < -0.3 is 10.1 Å². The van der Waals surface area contributed by atoms with Gasteiger partial charge in [-0.1, -0.05) is 12.1 Å². The molecule has 1 heterocycles. The zero-order valence-corrected chi connectivity index (χ0v) is 10.8. The number of piperidine rings is 1. The molecule has 0 aromatic heterocycles. The Morgan fingerprint density at radius 2 is 2.13 bits per heavy atom. The van der Waals surface area contributed by atoms with Crippen LogP contribution in [0.4, 0.5) is 0 Å². The topological polar surface area (TPSA) is 21.3 Å². The molecule has 1 aromatic rings. The van der Waals surface area contributed by atoms with E-state index in [2.05, 4.69) is 21.2 Å². The van der Waals surface area contributed by atoms with Crippen molar-refractivity contribution in [2.45, 2.75) is 18.9 Å². The summed E-state index contributed by atoms with van der Waals surface area (Å²) in [5, 5.41) is 3.33. The molecule has 1 atom stereocenters. The molecule has 1 aromatic carbocycles. The molecule has 1 saturated heterocycles. The molecule has 15 heavy (non-hydrogen) atoms. The SMILES string of the molecule is Brc1ccccc1OC1CCCNC1.Cl. The van der Waals surface area contributed by atoms with E-state index in [1.807, 2.05) is 24.3 Å². The zero-order valence-electron chi connectivity index (χ0n) is 8.41. The van der Waals surface area contributed by atoms with Gasteiger partial charge in [-0.05, 0) is 47.4 Å². The van der Waals surface area contributed by atoms with Crippen molar-refractivity contribution in [3.8, 4) is 5.75 Å². The second-order valence-electron chi connectivity index (χ2n) is 3.52. The van der Waals surface area contributed by atoms with Gasteiger partial charge in [0.1, 0.15) is 11.9 Å². The van der Waals surface area contributed by atoms with Crippen LogP contribution in [0, 0.1) is 0 Å². The number of nitrogens with one attached hydrogen (secondary N) is 1. The molecule has 0 radical (unpaired) electrons. The number of hydrogen-bond donors (Lipinski definition) is 1. The first kappa shape index (κ1) is 12.8. The lowest BCUT2D eigenvalue weighted by molar-refractivity contribution is 0.166. The molecule has 1 aliphatic rings. The number of para-hydroxylation sites is 1. The van der Waals surface area contributed by atoms with Crippen LogP contribution in [-0.4, -0.2) is 19.2 Å². The van der Waals surface area contributed by atoms with E-state index in [1.165, 1.54) is 6.42 Å². The predicted octanol–water partition coefficient (Wildman–Crippen LogP) is 3.00. The lowest BCUT2D eigenvalue weighted by Gasteiger charge is -2.24. The number of ether oxygens (including phenoxy) is 1. The summed E-state index contributed by atoms with van der Waals surface area (Å²) in [6, 6.07) is 8.00. The third kappa shape index (κ3) is 3.67. The van der Waals surface area contributed by atoms with E-state index >= 15 is 0 Å². The van der Waals surface area contributed by atoms with Gasteiger partial charge in [0.05, 0.1) is 4.47 Å². The van der Waals surface area contributed by atoms with E-state index in [-0.39, 0.29) is 12.4 Å². The molecular formula is C11H15BrClNO. The number of rotatable bonds is 2. The van der Waals surface area contributed by atoms with Crippen LogP contribution in [0.25, 0.3) is 0 Å². The van der Waals surface area contributed by atoms with Crippen LogP contribution in [0.2, 0.25) is 0 Å². The Morgan fingerprint density at radius 3 is 2.80 bits per heavy atom. The summed E-state index contributed by atoms with van der Waals surface area (Å²) in [4.78, 5) is 0. The first-order valence-electron chi connectivity index (χ1n) is 4.98. The van der Waals surface area contributed by atoms with Gasteiger partial charge >= 0.3 is 0 Å². The minimum atomic E-state index is 0. The first-order chi connectivity index (χ1) is 6.86. The fourth-order valence-corrected chi connectivity index (χ4v) is 2.02. The van der Waals surface area contributed by atoms with E-state index in [9.17, 15) is 0 Å². The fraction of sp³-hybridized carbons (Fsp3) is 0.455. The number of benzene rings is 1. The maximum atomic E-state index is 5.88. The molecule has 84 valence electrons. The largest absolute Gasteiger partial charge is 0.488 e. The minimum absolute atomic E-state index is 0. The molecular weight excluding hydrogens is 277 g/mol. The Kier molecular flexibility index (Phi) is 5.43. The van der Waals surface area contributed by atoms with Crippen molar-refractivity contribution < 1.29 is 4.74 Å². The molecule has 0 aliphatic carbocycles. The Labute approximate surface area is 105 Å². The molecule has 0 saturated carbocycles. The third-order valence-electron chi connectivity index (χ3n) is 2.38. The van der Waals surface area contributed by atoms with Crippen LogP contribution in [-0.2, 0) is 0 Å². The van der Waals surface area contributed by atoms with Gasteiger partial charge in [-0.2, -0.15) is 0 Å². The molecule has 2 rings (SSSR count). The average Bonchev–Trinajstić information content (AvgIpc) is 2.23. The lowest BCUT2D eigenvalue weighted by atomic mass is 10.1. The van der Waals surface area contributed by atoms with Crippen molar-refractivity contribution in [2.24, 2.45) is 0 Å². The van der Waals surface area contributed by atoms with Gasteiger partial charge in [-0.3, -0.25) is 0 Å². The van der Waals surface area contributed by atoms with Crippen LogP contribution in [0.15, 0.2) is 28.7 Å². The average molecular weight is 293 g/mol. The van der Waals surface area contributed by atoms with Crippen molar-refractivity contribution in [3.05, 3.63) is 28.7 Å². The summed E-state index contributed by atoms with van der Waals surface area (Å²) in [7, 11) is 0. The van der Waals surface area contributed by atoms with E-state index < -0.39 is 0 Å². The molecule has 1 N–H and O–H groups in total. The van der Waals surface area contributed by atoms with Crippen LogP contribution in [0.5, 0.6) is 5.75 Å². The summed E-state index contributed by atoms with van der Waals surface area (Å²) >= 11 is 3.48. The molecule has 1 aliphatic heterocycles. The van der Waals surface area contributed by atoms with Gasteiger partial charge in [0.2, 0.25) is 0 Å². The van der Waals surface area contributed by atoms with Crippen molar-refractivity contribution >= 4 is 28.3 Å². The normalized spacial score (nSPS) is 20.5. The second kappa shape index (κ2) is 6.36. The lowest BCUT2D eigenvalue weighted by Crippen LogP contribution is -2.37. The fourth-order valence-electron chi connectivity index (χ4n) is 1.64. The quantitative estimate of drug-likeness (QED) is 0.905. The first-order valence-corrected chi connectivity index (χ1v) is 5.77. The summed E-state index contributed by atoms with van der Waals surface area (Å²) in [5.74, 6) is 0.946. The summed E-state index contributed by atoms with van der Waals surface area (Å²) < 4.78 is 6.91. The van der Waals surface area contributed by atoms with Crippen LogP contribution >= 0.6 is 28.3 Å². The van der Waals surface area contributed by atoms with E-state index in [4.69, 9.17) is 4.74 Å². The highest BCUT2D eigenvalue weighted by molar-refractivity contribution is 9.10. The van der Waals surface area contributed by atoms with Gasteiger partial charge in [-0.25, -0.2) is 0 Å². The van der Waals surface area contributed by atoms with Crippen molar-refractivity contribution in [3.63, 3.8) is 0 Å². The Bertz CT molecular complexity index is 302. The van der Waals surface area contributed by atoms with Gasteiger partial charge in [0.15, 0.2) is 0 Å². The van der Waals surface area contributed by atoms with Gasteiger partial charge in [0, 0.05) is 6.54 Å². The predicted molar refractivity (Wildman–Crippen MR) is 67.9 cm³/mol. The van der Waals surface area contributed by atoms with E-state index in [1.54, 1.807) is 0 Å². The molecule has 0 amide bonds. The summed E-state index contributed by atoms with van der Waals surface area (Å²) in [5.41, 5.74) is 0. The molecule has 0 spiro atoms. The minimum Gasteiger partial charge on any atom is -0.488 e. The van der Waals surface area contributed by atoms with Crippen LogP contribution in [0.1, 0.15) is 12.8 Å². The standard InChI is InChI=1S/C11H14BrNO.ClH/c12-10-5-1-2-6-11(10)14-9-4-3-7-13-8-9;/h1-2,5-6,9,13H,3-4,7-8H2;1H. The van der Waals surface area contributed by atoms with Gasteiger partial charge in [-0.15, -0.1) is 12.4 Å². The second-order valence-corrected chi connectivity index (χ2v) is 4.37. The smallest absolute Gasteiger partial charge is 0.133 e. The molecule has 1 fully saturated rings. The maximum Gasteiger partial charge on any atom is 0.133 e. The summed E-state index contributed by atoms with van der Waals surface area (Å²) in [6.07, 6.45) is 2.67. The highest BCUT2D eigenvalue weighted by atomic mass is 79.9. The van der Waals surface area contributed by atoms with E-state index in [0.717, 1.165) is 29.7 Å². The summed E-state index contributed by atoms with van der Waals surface area (Å²) in [6.45, 7) is 2.08. The molecule has 0 bridgehead atoms. The Hall–Kier alpha value is -0.250. The monoisotopic (exact) mass is 291 g/mol.